The molecule has 0 amide bonds. The van der Waals surface area contributed by atoms with Gasteiger partial charge in [-0.2, -0.15) is 0 Å². The first kappa shape index (κ1) is 7.64. The van der Waals surface area contributed by atoms with E-state index in [4.69, 9.17) is 6.42 Å². The van der Waals surface area contributed by atoms with Crippen molar-refractivity contribution in [3.8, 4) is 12.3 Å². The van der Waals surface area contributed by atoms with Crippen molar-refractivity contribution in [2.75, 3.05) is 0 Å². The molecule has 1 aromatic heterocycles. The van der Waals surface area contributed by atoms with Crippen LogP contribution in [0.2, 0.25) is 0 Å². The molecule has 1 unspecified atom stereocenters. The Hall–Kier alpha value is -0.460. The molecule has 0 saturated heterocycles. The summed E-state index contributed by atoms with van der Waals surface area (Å²) in [6, 6.07) is 0. The van der Waals surface area contributed by atoms with E-state index in [1.54, 1.807) is 23.1 Å². The van der Waals surface area contributed by atoms with Crippen LogP contribution < -0.4 is 0 Å². The second kappa shape index (κ2) is 3.65. The van der Waals surface area contributed by atoms with Crippen molar-refractivity contribution in [1.29, 1.82) is 0 Å². The molecule has 0 spiro atoms. The van der Waals surface area contributed by atoms with Crippen molar-refractivity contribution in [2.24, 2.45) is 0 Å². The molecule has 0 aliphatic rings. The van der Waals surface area contributed by atoms with Gasteiger partial charge in [-0.25, -0.2) is 4.98 Å². The normalized spacial score (nSPS) is 12.4. The van der Waals surface area contributed by atoms with Crippen LogP contribution in [0.4, 0.5) is 0 Å². The highest BCUT2D eigenvalue weighted by Crippen LogP contribution is 2.21. The summed E-state index contributed by atoms with van der Waals surface area (Å²) in [6.45, 7) is 1.99. The van der Waals surface area contributed by atoms with Crippen molar-refractivity contribution in [1.82, 2.24) is 4.98 Å². The number of thioether (sulfide) groups is 1. The Balaban J connectivity index is 2.50. The van der Waals surface area contributed by atoms with Gasteiger partial charge in [0.05, 0.1) is 10.8 Å². The van der Waals surface area contributed by atoms with Crippen LogP contribution in [0.3, 0.4) is 0 Å². The van der Waals surface area contributed by atoms with Crippen molar-refractivity contribution in [3.05, 3.63) is 10.9 Å². The van der Waals surface area contributed by atoms with Gasteiger partial charge in [-0.3, -0.25) is 0 Å². The molecule has 0 radical (unpaired) electrons. The molecule has 0 fully saturated rings. The quantitative estimate of drug-likeness (QED) is 0.497. The molecule has 0 aliphatic carbocycles. The van der Waals surface area contributed by atoms with Gasteiger partial charge < -0.3 is 0 Å². The molecule has 1 atom stereocenters. The summed E-state index contributed by atoms with van der Waals surface area (Å²) in [5.74, 6) is 2.63. The van der Waals surface area contributed by atoms with Gasteiger partial charge in [0.25, 0.3) is 0 Å². The highest BCUT2D eigenvalue weighted by atomic mass is 32.2. The third kappa shape index (κ3) is 2.05. The van der Waals surface area contributed by atoms with Crippen LogP contribution >= 0.6 is 23.1 Å². The summed E-state index contributed by atoms with van der Waals surface area (Å²) in [6.07, 6.45) is 5.19. The smallest absolute Gasteiger partial charge is 0.108 e. The number of nitrogens with zero attached hydrogens (tertiary/aromatic N) is 1. The molecule has 0 bridgehead atoms. The summed E-state index contributed by atoms with van der Waals surface area (Å²) in [4.78, 5) is 4.09. The van der Waals surface area contributed by atoms with Gasteiger partial charge in [-0.15, -0.1) is 17.8 Å². The van der Waals surface area contributed by atoms with Gasteiger partial charge in [-0.1, -0.05) is 17.7 Å². The largest absolute Gasteiger partial charge is 0.238 e. The zero-order chi connectivity index (χ0) is 7.40. The zero-order valence-electron chi connectivity index (χ0n) is 5.57. The van der Waals surface area contributed by atoms with E-state index in [2.05, 4.69) is 10.9 Å². The minimum absolute atomic E-state index is 0.224. The Bertz CT molecular complexity index is 222. The van der Waals surface area contributed by atoms with Crippen LogP contribution in [0.25, 0.3) is 0 Å². The summed E-state index contributed by atoms with van der Waals surface area (Å²) in [5.41, 5.74) is 1.81. The topological polar surface area (TPSA) is 12.9 Å². The molecule has 1 nitrogen and oxygen atoms in total. The second-order valence-corrected chi connectivity index (χ2v) is 3.83. The second-order valence-electron chi connectivity index (χ2n) is 1.75. The van der Waals surface area contributed by atoms with Crippen molar-refractivity contribution < 1.29 is 0 Å². The first-order valence-electron chi connectivity index (χ1n) is 2.84. The van der Waals surface area contributed by atoms with Crippen LogP contribution in [0.15, 0.2) is 15.9 Å². The molecule has 1 aromatic rings. The Morgan fingerprint density at radius 3 is 3.20 bits per heavy atom. The van der Waals surface area contributed by atoms with E-state index in [-0.39, 0.29) is 5.25 Å². The minimum atomic E-state index is 0.224. The van der Waals surface area contributed by atoms with E-state index < -0.39 is 0 Å². The summed E-state index contributed by atoms with van der Waals surface area (Å²) in [5, 5.41) is 3.25. The molecule has 1 heterocycles. The number of thiazole rings is 1. The lowest BCUT2D eigenvalue weighted by molar-refractivity contribution is 1.18. The number of hydrogen-bond acceptors (Lipinski definition) is 3. The monoisotopic (exact) mass is 169 g/mol. The number of terminal acetylenes is 1. The molecule has 0 N–H and O–H groups in total. The maximum Gasteiger partial charge on any atom is 0.108 e. The average Bonchev–Trinajstić information content (AvgIpc) is 2.40. The minimum Gasteiger partial charge on any atom is -0.238 e. The van der Waals surface area contributed by atoms with E-state index in [0.717, 1.165) is 5.03 Å². The molecule has 0 aromatic carbocycles. The first-order chi connectivity index (χ1) is 4.83. The van der Waals surface area contributed by atoms with Crippen molar-refractivity contribution >= 4 is 23.1 Å². The van der Waals surface area contributed by atoms with Gasteiger partial charge in [0.15, 0.2) is 0 Å². The van der Waals surface area contributed by atoms with Crippen LogP contribution in [0, 0.1) is 12.3 Å². The van der Waals surface area contributed by atoms with Gasteiger partial charge >= 0.3 is 0 Å². The molecular formula is C7H7NS2. The zero-order valence-corrected chi connectivity index (χ0v) is 7.21. The number of rotatable bonds is 2. The fourth-order valence-corrected chi connectivity index (χ4v) is 1.89. The highest BCUT2D eigenvalue weighted by Gasteiger charge is 2.00. The van der Waals surface area contributed by atoms with E-state index in [9.17, 15) is 0 Å². The first-order valence-corrected chi connectivity index (χ1v) is 4.66. The molecular weight excluding hydrogens is 162 g/mol. The maximum atomic E-state index is 5.19. The molecule has 10 heavy (non-hydrogen) atoms. The lowest BCUT2D eigenvalue weighted by Gasteiger charge is -1.97. The van der Waals surface area contributed by atoms with E-state index in [0.29, 0.717) is 0 Å². The van der Waals surface area contributed by atoms with E-state index in [1.807, 2.05) is 17.8 Å². The maximum absolute atomic E-state index is 5.19. The van der Waals surface area contributed by atoms with Crippen LogP contribution in [0.1, 0.15) is 6.92 Å². The fourth-order valence-electron chi connectivity index (χ4n) is 0.475. The fraction of sp³-hybridized carbons (Fsp3) is 0.286. The molecule has 1 rings (SSSR count). The van der Waals surface area contributed by atoms with E-state index in [1.165, 1.54) is 0 Å². The predicted molar refractivity (Wildman–Crippen MR) is 46.3 cm³/mol. The van der Waals surface area contributed by atoms with Crippen LogP contribution in [0.5, 0.6) is 0 Å². The van der Waals surface area contributed by atoms with Gasteiger partial charge in [0.1, 0.15) is 5.03 Å². The van der Waals surface area contributed by atoms with Gasteiger partial charge in [0, 0.05) is 5.38 Å². The number of aromatic nitrogens is 1. The summed E-state index contributed by atoms with van der Waals surface area (Å²) >= 11 is 3.20. The Labute approximate surface area is 68.9 Å². The van der Waals surface area contributed by atoms with Gasteiger partial charge in [-0.05, 0) is 6.92 Å². The Kier molecular flexibility index (Phi) is 2.79. The third-order valence-electron chi connectivity index (χ3n) is 0.942. The summed E-state index contributed by atoms with van der Waals surface area (Å²) in [7, 11) is 0. The lowest BCUT2D eigenvalue weighted by atomic mass is 10.5. The standard InChI is InChI=1S/C7H7NS2/c1-3-6(2)10-7-4-9-5-8-7/h1,4-6H,2H3. The molecule has 52 valence electrons. The van der Waals surface area contributed by atoms with Crippen molar-refractivity contribution in [3.63, 3.8) is 0 Å². The van der Waals surface area contributed by atoms with Crippen LogP contribution in [-0.2, 0) is 0 Å². The van der Waals surface area contributed by atoms with Gasteiger partial charge in [0.2, 0.25) is 0 Å². The SMILES string of the molecule is C#CC(C)Sc1cscn1. The van der Waals surface area contributed by atoms with E-state index >= 15 is 0 Å². The summed E-state index contributed by atoms with van der Waals surface area (Å²) < 4.78 is 0. The molecule has 0 aliphatic heterocycles. The number of hydrogen-bond donors (Lipinski definition) is 0. The Morgan fingerprint density at radius 2 is 2.70 bits per heavy atom. The molecule has 0 saturated carbocycles. The third-order valence-corrected chi connectivity index (χ3v) is 2.63. The highest BCUT2D eigenvalue weighted by molar-refractivity contribution is 8.00. The van der Waals surface area contributed by atoms with Crippen molar-refractivity contribution in [2.45, 2.75) is 17.2 Å². The molecule has 3 heteroatoms. The predicted octanol–water partition coefficient (Wildman–Crippen LogP) is 2.26. The van der Waals surface area contributed by atoms with Crippen LogP contribution in [-0.4, -0.2) is 10.2 Å². The average molecular weight is 169 g/mol. The lowest BCUT2D eigenvalue weighted by Crippen LogP contribution is -1.88. The Morgan fingerprint density at radius 1 is 1.90 bits per heavy atom.